The van der Waals surface area contributed by atoms with Crippen LogP contribution in [0.1, 0.15) is 15.9 Å². The molecule has 0 radical (unpaired) electrons. The topological polar surface area (TPSA) is 59.3 Å². The van der Waals surface area contributed by atoms with E-state index in [4.69, 9.17) is 16.7 Å². The van der Waals surface area contributed by atoms with E-state index in [0.29, 0.717) is 0 Å². The van der Waals surface area contributed by atoms with Crippen molar-refractivity contribution in [2.24, 2.45) is 7.05 Å². The van der Waals surface area contributed by atoms with Gasteiger partial charge in [0, 0.05) is 18.6 Å². The average Bonchev–Trinajstić information content (AvgIpc) is 2.31. The number of hydrogen-bond acceptors (Lipinski definition) is 2. The number of benzene rings is 1. The van der Waals surface area contributed by atoms with Crippen LogP contribution in [0.2, 0.25) is 5.02 Å². The smallest absolute Gasteiger partial charge is 0.417 e. The summed E-state index contributed by atoms with van der Waals surface area (Å²) < 4.78 is 39.4. The number of carboxylic acids is 1. The lowest BCUT2D eigenvalue weighted by Crippen LogP contribution is -2.18. The Labute approximate surface area is 115 Å². The van der Waals surface area contributed by atoms with Crippen molar-refractivity contribution >= 4 is 28.5 Å². The molecule has 2 aromatic rings. The van der Waals surface area contributed by atoms with Gasteiger partial charge < -0.3 is 9.67 Å². The van der Waals surface area contributed by atoms with Gasteiger partial charge in [-0.15, -0.1) is 0 Å². The molecule has 0 aliphatic heterocycles. The zero-order valence-corrected chi connectivity index (χ0v) is 10.7. The Bertz CT molecular complexity index is 780. The van der Waals surface area contributed by atoms with E-state index < -0.39 is 33.7 Å². The molecule has 0 aliphatic carbocycles. The van der Waals surface area contributed by atoms with Crippen molar-refractivity contribution in [2.75, 3.05) is 0 Å². The third-order valence-corrected chi connectivity index (χ3v) is 3.13. The summed E-state index contributed by atoms with van der Waals surface area (Å²) in [6, 6.07) is 1.57. The number of aromatic carboxylic acids is 1. The number of fused-ring (bicyclic) bond motifs is 1. The van der Waals surface area contributed by atoms with Crippen LogP contribution in [0.3, 0.4) is 0 Å². The van der Waals surface area contributed by atoms with Crippen molar-refractivity contribution in [1.29, 1.82) is 0 Å². The average molecular weight is 306 g/mol. The number of pyridine rings is 1. The molecule has 0 spiro atoms. The van der Waals surface area contributed by atoms with Crippen molar-refractivity contribution in [2.45, 2.75) is 6.18 Å². The number of alkyl halides is 3. The van der Waals surface area contributed by atoms with Crippen molar-refractivity contribution in [3.8, 4) is 0 Å². The van der Waals surface area contributed by atoms with E-state index in [0.717, 1.165) is 22.9 Å². The molecule has 0 saturated carbocycles. The number of hydrogen-bond donors (Lipinski definition) is 1. The molecule has 20 heavy (non-hydrogen) atoms. The first-order chi connectivity index (χ1) is 9.12. The Kier molecular flexibility index (Phi) is 3.25. The minimum Gasteiger partial charge on any atom is -0.477 e. The zero-order chi connectivity index (χ0) is 15.2. The Balaban J connectivity index is 2.93. The summed E-state index contributed by atoms with van der Waals surface area (Å²) in [7, 11) is 1.35. The van der Waals surface area contributed by atoms with Gasteiger partial charge in [-0.25, -0.2) is 4.79 Å². The van der Waals surface area contributed by atoms with Gasteiger partial charge in [-0.2, -0.15) is 13.2 Å². The highest BCUT2D eigenvalue weighted by Crippen LogP contribution is 2.36. The highest BCUT2D eigenvalue weighted by molar-refractivity contribution is 6.32. The second-order valence-electron chi connectivity index (χ2n) is 4.13. The van der Waals surface area contributed by atoms with E-state index in [1.165, 1.54) is 7.05 Å². The minimum atomic E-state index is -4.66. The van der Waals surface area contributed by atoms with Gasteiger partial charge in [0.05, 0.1) is 16.1 Å². The van der Waals surface area contributed by atoms with E-state index in [9.17, 15) is 22.8 Å². The van der Waals surface area contributed by atoms with Gasteiger partial charge in [0.25, 0.3) is 0 Å². The van der Waals surface area contributed by atoms with Gasteiger partial charge >= 0.3 is 12.1 Å². The number of carboxylic acid groups (broad SMARTS) is 1. The molecule has 1 N–H and O–H groups in total. The molecule has 4 nitrogen and oxygen atoms in total. The monoisotopic (exact) mass is 305 g/mol. The van der Waals surface area contributed by atoms with Gasteiger partial charge in [0.2, 0.25) is 5.43 Å². The maximum absolute atomic E-state index is 12.8. The van der Waals surface area contributed by atoms with E-state index >= 15 is 0 Å². The van der Waals surface area contributed by atoms with Crippen molar-refractivity contribution in [3.63, 3.8) is 0 Å². The molecule has 8 heteroatoms. The molecule has 2 rings (SSSR count). The van der Waals surface area contributed by atoms with Crippen LogP contribution in [0, 0.1) is 0 Å². The standard InChI is InChI=1S/C12H7ClF3NO3/c1-17-4-6(11(19)20)10(18)5-2-8(13)7(3-9(5)17)12(14,15)16/h2-4H,1H3,(H,19,20). The lowest BCUT2D eigenvalue weighted by Gasteiger charge is -2.13. The van der Waals surface area contributed by atoms with Crippen LogP contribution in [0.25, 0.3) is 10.9 Å². The van der Waals surface area contributed by atoms with Crippen LogP contribution in [0.15, 0.2) is 23.1 Å². The molecule has 0 atom stereocenters. The fourth-order valence-corrected chi connectivity index (χ4v) is 2.14. The first kappa shape index (κ1) is 14.4. The Morgan fingerprint density at radius 2 is 1.95 bits per heavy atom. The van der Waals surface area contributed by atoms with Gasteiger partial charge in [-0.05, 0) is 12.1 Å². The third kappa shape index (κ3) is 2.24. The molecule has 0 aliphatic rings. The Morgan fingerprint density at radius 1 is 1.35 bits per heavy atom. The van der Waals surface area contributed by atoms with Crippen molar-refractivity contribution < 1.29 is 23.1 Å². The fraction of sp³-hybridized carbons (Fsp3) is 0.167. The van der Waals surface area contributed by atoms with E-state index in [1.807, 2.05) is 0 Å². The number of halogens is 4. The molecule has 106 valence electrons. The molecular weight excluding hydrogens is 299 g/mol. The second kappa shape index (κ2) is 4.52. The summed E-state index contributed by atoms with van der Waals surface area (Å²) in [6.07, 6.45) is -3.69. The summed E-state index contributed by atoms with van der Waals surface area (Å²) in [4.78, 5) is 22.8. The van der Waals surface area contributed by atoms with Crippen LogP contribution in [-0.4, -0.2) is 15.6 Å². The molecule has 1 aromatic carbocycles. The van der Waals surface area contributed by atoms with Crippen LogP contribution in [0.4, 0.5) is 13.2 Å². The largest absolute Gasteiger partial charge is 0.477 e. The number of nitrogens with zero attached hydrogens (tertiary/aromatic N) is 1. The molecule has 0 unspecified atom stereocenters. The number of carbonyl (C=O) groups is 1. The number of aromatic nitrogens is 1. The molecule has 0 amide bonds. The molecular formula is C12H7ClF3NO3. The van der Waals surface area contributed by atoms with Gasteiger partial charge in [0.15, 0.2) is 0 Å². The summed E-state index contributed by atoms with van der Waals surface area (Å²) in [6.45, 7) is 0. The van der Waals surface area contributed by atoms with Crippen molar-refractivity contribution in [3.05, 3.63) is 44.7 Å². The predicted octanol–water partition coefficient (Wildman–Crippen LogP) is 2.91. The maximum atomic E-state index is 12.8. The Hall–Kier alpha value is -2.02. The second-order valence-corrected chi connectivity index (χ2v) is 4.54. The molecule has 1 aromatic heterocycles. The van der Waals surface area contributed by atoms with Crippen LogP contribution in [-0.2, 0) is 13.2 Å². The highest BCUT2D eigenvalue weighted by atomic mass is 35.5. The zero-order valence-electron chi connectivity index (χ0n) is 9.95. The van der Waals surface area contributed by atoms with Crippen LogP contribution < -0.4 is 5.43 Å². The minimum absolute atomic E-state index is 0.0447. The molecule has 0 saturated heterocycles. The van der Waals surface area contributed by atoms with E-state index in [1.54, 1.807) is 0 Å². The fourth-order valence-electron chi connectivity index (χ4n) is 1.87. The number of aryl methyl sites for hydroxylation is 1. The molecule has 0 bridgehead atoms. The van der Waals surface area contributed by atoms with Gasteiger partial charge in [-0.1, -0.05) is 11.6 Å². The normalized spacial score (nSPS) is 11.8. The van der Waals surface area contributed by atoms with E-state index in [2.05, 4.69) is 0 Å². The SMILES string of the molecule is Cn1cc(C(=O)O)c(=O)c2cc(Cl)c(C(F)(F)F)cc21. The van der Waals surface area contributed by atoms with Crippen molar-refractivity contribution in [1.82, 2.24) is 4.57 Å². The summed E-state index contributed by atoms with van der Waals surface area (Å²) >= 11 is 5.53. The highest BCUT2D eigenvalue weighted by Gasteiger charge is 2.34. The van der Waals surface area contributed by atoms with Crippen LogP contribution in [0.5, 0.6) is 0 Å². The molecule has 0 fully saturated rings. The quantitative estimate of drug-likeness (QED) is 0.881. The lowest BCUT2D eigenvalue weighted by molar-refractivity contribution is -0.137. The van der Waals surface area contributed by atoms with E-state index in [-0.39, 0.29) is 10.9 Å². The first-order valence-corrected chi connectivity index (χ1v) is 5.64. The van der Waals surface area contributed by atoms with Crippen LogP contribution >= 0.6 is 11.6 Å². The predicted molar refractivity (Wildman–Crippen MR) is 66.2 cm³/mol. The Morgan fingerprint density at radius 3 is 2.45 bits per heavy atom. The number of rotatable bonds is 1. The molecule has 1 heterocycles. The maximum Gasteiger partial charge on any atom is 0.417 e. The first-order valence-electron chi connectivity index (χ1n) is 5.26. The van der Waals surface area contributed by atoms with Gasteiger partial charge in [0.1, 0.15) is 5.56 Å². The third-order valence-electron chi connectivity index (χ3n) is 2.81. The lowest BCUT2D eigenvalue weighted by atomic mass is 10.1. The van der Waals surface area contributed by atoms with Gasteiger partial charge in [-0.3, -0.25) is 4.79 Å². The summed E-state index contributed by atoms with van der Waals surface area (Å²) in [5.41, 5.74) is -2.53. The summed E-state index contributed by atoms with van der Waals surface area (Å²) in [5.74, 6) is -1.46. The summed E-state index contributed by atoms with van der Waals surface area (Å²) in [5, 5.41) is 8.05.